The molecule has 0 heterocycles. The molecule has 0 spiro atoms. The molecule has 0 fully saturated rings. The molecule has 0 N–H and O–H groups in total. The normalized spacial score (nSPS) is 15.8. The summed E-state index contributed by atoms with van der Waals surface area (Å²) in [6.07, 6.45) is -114. The van der Waals surface area contributed by atoms with Gasteiger partial charge in [-0.3, -0.25) is 28.4 Å². The van der Waals surface area contributed by atoms with Crippen molar-refractivity contribution in [3.63, 3.8) is 0 Å². The van der Waals surface area contributed by atoms with Crippen LogP contribution in [0.5, 0.6) is 0 Å². The number of hydrogen-bond acceptors (Lipinski definition) is 14. The molecule has 0 aromatic carbocycles. The van der Waals surface area contributed by atoms with E-state index in [1.54, 1.807) is 0 Å². The largest absolute Gasteiger partial charge is 0.457 e. The van der Waals surface area contributed by atoms with Gasteiger partial charge in [0.05, 0.1) is 0 Å². The summed E-state index contributed by atoms with van der Waals surface area (Å²) in [5.74, 6) is -28.6. The number of halogens is 40. The molecule has 0 bridgehead atoms. The third-order valence-corrected chi connectivity index (χ3v) is 8.85. The minimum atomic E-state index is -6.49. The number of carbonyl (C=O) groups excluding carboxylic acids is 2. The Morgan fingerprint density at radius 1 is 0.245 bits per heavy atom. The van der Waals surface area contributed by atoms with Crippen LogP contribution in [0.1, 0.15) is 51.4 Å². The lowest BCUT2D eigenvalue weighted by Crippen LogP contribution is -2.47. The van der Waals surface area contributed by atoms with Gasteiger partial charge < -0.3 is 28.4 Å². The van der Waals surface area contributed by atoms with E-state index in [1.165, 1.54) is 0 Å². The van der Waals surface area contributed by atoms with Crippen LogP contribution in [0.4, 0.5) is 176 Å². The molecule has 0 saturated heterocycles. The van der Waals surface area contributed by atoms with Crippen LogP contribution < -0.4 is 0 Å². The summed E-state index contributed by atoms with van der Waals surface area (Å²) >= 11 is 0. The molecule has 0 rings (SSSR count). The molecule has 0 radical (unpaired) electrons. The first-order chi connectivity index (χ1) is 41.1. The van der Waals surface area contributed by atoms with Crippen LogP contribution in [0, 0.1) is 0 Å². The highest BCUT2D eigenvalue weighted by molar-refractivity contribution is 5.76. The Morgan fingerprint density at radius 3 is 0.670 bits per heavy atom. The summed E-state index contributed by atoms with van der Waals surface area (Å²) in [5, 5.41) is 0. The molecule has 0 aliphatic carbocycles. The van der Waals surface area contributed by atoms with Crippen molar-refractivity contribution in [1.29, 1.82) is 0 Å². The monoisotopic (exact) mass is 1500 g/mol. The highest BCUT2D eigenvalue weighted by atomic mass is 19.4. The molecule has 54 heteroatoms. The predicted molar refractivity (Wildman–Crippen MR) is 210 cm³/mol. The van der Waals surface area contributed by atoms with E-state index in [0.29, 0.717) is 0 Å². The van der Waals surface area contributed by atoms with Crippen LogP contribution in [0.15, 0.2) is 0 Å². The molecule has 0 amide bonds. The van der Waals surface area contributed by atoms with Gasteiger partial charge in [0, 0.05) is 13.2 Å². The molecule has 0 aliphatic rings. The van der Waals surface area contributed by atoms with Crippen LogP contribution in [-0.4, -0.2) is 200 Å². The maximum Gasteiger partial charge on any atom is 0.425 e. The molecule has 14 nitrogen and oxygen atoms in total. The van der Waals surface area contributed by atoms with Gasteiger partial charge in [-0.15, -0.1) is 0 Å². The van der Waals surface area contributed by atoms with E-state index in [1.807, 2.05) is 0 Å². The predicted octanol–water partition coefficient (Wildman–Crippen LogP) is 14.8. The summed E-state index contributed by atoms with van der Waals surface area (Å²) in [7, 11) is 0. The Hall–Kier alpha value is -4.26. The second-order valence-corrected chi connectivity index (χ2v) is 18.6. The van der Waals surface area contributed by atoms with Crippen LogP contribution in [0.2, 0.25) is 0 Å². The van der Waals surface area contributed by atoms with Gasteiger partial charge in [0.25, 0.3) is 35.9 Å². The maximum absolute atomic E-state index is 14.0. The molecular weight excluding hydrogens is 1460 g/mol. The smallest absolute Gasteiger partial charge is 0.425 e. The zero-order valence-corrected chi connectivity index (χ0v) is 44.7. The van der Waals surface area contributed by atoms with Crippen LogP contribution in [-0.2, 0) is 66.4 Å². The summed E-state index contributed by atoms with van der Waals surface area (Å²) in [6.45, 7) is -24.6. The Morgan fingerprint density at radius 2 is 0.457 bits per heavy atom. The van der Waals surface area contributed by atoms with Gasteiger partial charge in [0.1, 0.15) is 78.2 Å². The average molecular weight is 1500 g/mol. The number of carbonyl (C=O) groups is 2. The molecule has 2 atom stereocenters. The molecule has 0 aliphatic heterocycles. The minimum Gasteiger partial charge on any atom is -0.457 e. The first kappa shape index (κ1) is 89.7. The average Bonchev–Trinajstić information content (AvgIpc) is 0.842. The van der Waals surface area contributed by atoms with Crippen molar-refractivity contribution in [3.8, 4) is 0 Å². The fourth-order valence-electron chi connectivity index (χ4n) is 5.87. The van der Waals surface area contributed by atoms with E-state index < -0.39 is 251 Å². The molecule has 0 aromatic rings. The first-order valence-electron chi connectivity index (χ1n) is 23.5. The van der Waals surface area contributed by atoms with Crippen molar-refractivity contribution in [1.82, 2.24) is 0 Å². The molecule has 94 heavy (non-hydrogen) atoms. The van der Waals surface area contributed by atoms with E-state index in [0.717, 1.165) is 0 Å². The van der Waals surface area contributed by atoms with E-state index >= 15 is 0 Å². The van der Waals surface area contributed by atoms with Crippen molar-refractivity contribution in [2.75, 3.05) is 66.1 Å². The van der Waals surface area contributed by atoms with Crippen LogP contribution in [0.25, 0.3) is 0 Å². The van der Waals surface area contributed by atoms with Gasteiger partial charge in [0.2, 0.25) is 0 Å². The Kier molecular flexibility index (Phi) is 30.7. The first-order valence-corrected chi connectivity index (χ1v) is 23.5. The fraction of sp³-hybridized carbons (Fsp3) is 0.950. The lowest BCUT2D eigenvalue weighted by Gasteiger charge is -2.29. The van der Waals surface area contributed by atoms with Crippen molar-refractivity contribution in [2.24, 2.45) is 0 Å². The number of rotatable bonds is 45. The quantitative estimate of drug-likeness (QED) is 0.0324. The third kappa shape index (κ3) is 41.1. The minimum absolute atomic E-state index is 0.688. The maximum atomic E-state index is 14.0. The van der Waals surface area contributed by atoms with E-state index in [9.17, 15) is 185 Å². The topological polar surface area (TPSA) is 145 Å². The van der Waals surface area contributed by atoms with Crippen LogP contribution in [0.3, 0.4) is 0 Å². The third-order valence-electron chi connectivity index (χ3n) is 8.85. The second kappa shape index (κ2) is 32.2. The summed E-state index contributed by atoms with van der Waals surface area (Å²) in [4.78, 5) is 22.9. The molecule has 0 aromatic heterocycles. The summed E-state index contributed by atoms with van der Waals surface area (Å²) in [6, 6.07) is 0. The fourth-order valence-corrected chi connectivity index (χ4v) is 5.87. The Bertz CT molecular complexity index is 2150. The van der Waals surface area contributed by atoms with Crippen molar-refractivity contribution < 1.29 is 242 Å². The summed E-state index contributed by atoms with van der Waals surface area (Å²) < 4.78 is 576. The lowest BCUT2D eigenvalue weighted by atomic mass is 10.2. The van der Waals surface area contributed by atoms with Gasteiger partial charge in [-0.25, -0.2) is 44.7 Å². The van der Waals surface area contributed by atoms with E-state index in [4.69, 9.17) is 0 Å². The number of alkyl halides is 40. The molecule has 562 valence electrons. The highest BCUT2D eigenvalue weighted by Crippen LogP contribution is 2.44. The standard InChI is InChI=1S/C40H38F40O14/c41-23(42,11-85-17-37(71,72)93-33(63,64)7-25(45,46)13-87-21(81)19(39(75,76)77)89-29(55,56)9-27(49,50)51)5-31(59,60)91-35(67,68)15-83-3-1-2-4-84-16-36(69,70)92-32(61,62)6-24(43,44)12-86-18-38(73,74)94-34(65,66)8-26(47,48)14-88-22(82)20(40(78,79)80)90-30(57,58)10-28(52,53)54/h19-20H,1-18H2. The zero-order chi connectivity index (χ0) is 74.5. The Balaban J connectivity index is 5.05. The SMILES string of the molecule is O=C(OCC(F)(F)CC(F)(F)OC(F)(F)COCC(F)(F)CC(F)(F)OC(F)(F)COCCCCOCC(F)(F)OC(F)(F)CC(F)(F)COCC(F)(F)OC(F)(F)CC(F)(F)COC(=O)C(OC(F)(F)CC(F)(F)F)C(F)(F)F)C(OC(F)(F)CC(F)(F)F)C(F)(F)F. The summed E-state index contributed by atoms with van der Waals surface area (Å²) in [5.41, 5.74) is 0. The van der Waals surface area contributed by atoms with Crippen molar-refractivity contribution in [2.45, 2.75) is 173 Å². The highest BCUT2D eigenvalue weighted by Gasteiger charge is 2.61. The number of hydrogen-bond donors (Lipinski definition) is 0. The Labute approximate surface area is 493 Å². The van der Waals surface area contributed by atoms with Gasteiger partial charge in [-0.05, 0) is 12.8 Å². The zero-order valence-electron chi connectivity index (χ0n) is 44.7. The van der Waals surface area contributed by atoms with Crippen molar-refractivity contribution >= 4 is 11.9 Å². The van der Waals surface area contributed by atoms with Gasteiger partial charge in [0.15, 0.2) is 13.2 Å². The van der Waals surface area contributed by atoms with Crippen LogP contribution >= 0.6 is 0 Å². The van der Waals surface area contributed by atoms with Gasteiger partial charge in [-0.1, -0.05) is 0 Å². The van der Waals surface area contributed by atoms with Crippen molar-refractivity contribution in [3.05, 3.63) is 0 Å². The second-order valence-electron chi connectivity index (χ2n) is 18.6. The van der Waals surface area contributed by atoms with E-state index in [2.05, 4.69) is 56.8 Å². The molecular formula is C40H38F40O14. The van der Waals surface area contributed by atoms with E-state index in [-0.39, 0.29) is 0 Å². The number of ether oxygens (including phenoxy) is 12. The number of esters is 2. The van der Waals surface area contributed by atoms with Gasteiger partial charge in [-0.2, -0.15) is 140 Å². The molecule has 2 unspecified atom stereocenters. The lowest BCUT2D eigenvalue weighted by molar-refractivity contribution is -0.404. The molecule has 0 saturated carbocycles. The van der Waals surface area contributed by atoms with Gasteiger partial charge >= 0.3 is 97.7 Å². The number of unbranched alkanes of at least 4 members (excludes halogenated alkanes) is 1.